The molecule has 0 N–H and O–H groups in total. The van der Waals surface area contributed by atoms with E-state index in [4.69, 9.17) is 0 Å². The molecule has 0 saturated carbocycles. The van der Waals surface area contributed by atoms with Gasteiger partial charge in [0, 0.05) is 5.41 Å². The van der Waals surface area contributed by atoms with Crippen molar-refractivity contribution < 1.29 is 8.42 Å². The number of hydrogen-bond donors (Lipinski definition) is 0. The minimum Gasteiger partial charge on any atom is -0.219 e. The molecule has 0 atom stereocenters. The Morgan fingerprint density at radius 1 is 1.13 bits per heavy atom. The van der Waals surface area contributed by atoms with E-state index >= 15 is 0 Å². The lowest BCUT2D eigenvalue weighted by atomic mass is 9.86. The van der Waals surface area contributed by atoms with Gasteiger partial charge in [-0.2, -0.15) is 0 Å². The van der Waals surface area contributed by atoms with Crippen molar-refractivity contribution in [1.29, 1.82) is 0 Å². The minimum atomic E-state index is -3.15. The first-order valence-electron chi connectivity index (χ1n) is 4.88. The quantitative estimate of drug-likeness (QED) is 0.676. The van der Waals surface area contributed by atoms with Crippen LogP contribution in [-0.2, 0) is 15.3 Å². The van der Waals surface area contributed by atoms with Gasteiger partial charge in [-0.15, -0.1) is 0 Å². The lowest BCUT2D eigenvalue weighted by Crippen LogP contribution is -2.11. The molecule has 0 saturated heterocycles. The Balaban J connectivity index is 2.61. The average molecular weight is 222 g/mol. The first kappa shape index (κ1) is 10.4. The van der Waals surface area contributed by atoms with Crippen molar-refractivity contribution in [2.45, 2.75) is 31.1 Å². The SMILES string of the molecule is CC(C)(C)c1ccc2c(c1)C=CS2(=O)=O. The third kappa shape index (κ3) is 1.72. The third-order valence-electron chi connectivity index (χ3n) is 2.61. The van der Waals surface area contributed by atoms with Crippen LogP contribution in [0.3, 0.4) is 0 Å². The van der Waals surface area contributed by atoms with Crippen LogP contribution in [0.5, 0.6) is 0 Å². The van der Waals surface area contributed by atoms with Crippen LogP contribution in [0.2, 0.25) is 0 Å². The van der Waals surface area contributed by atoms with Crippen molar-refractivity contribution >= 4 is 15.9 Å². The number of sulfone groups is 1. The number of fused-ring (bicyclic) bond motifs is 1. The zero-order valence-electron chi connectivity index (χ0n) is 9.11. The molecule has 1 heterocycles. The molecule has 1 aliphatic heterocycles. The van der Waals surface area contributed by atoms with Gasteiger partial charge in [-0.05, 0) is 34.8 Å². The van der Waals surface area contributed by atoms with Crippen LogP contribution in [0, 0.1) is 0 Å². The summed E-state index contributed by atoms with van der Waals surface area (Å²) in [5.74, 6) is 0. The van der Waals surface area contributed by atoms with E-state index in [1.165, 1.54) is 5.41 Å². The van der Waals surface area contributed by atoms with Crippen LogP contribution in [0.1, 0.15) is 31.9 Å². The normalized spacial score (nSPS) is 17.8. The van der Waals surface area contributed by atoms with Crippen LogP contribution in [0.25, 0.3) is 6.08 Å². The van der Waals surface area contributed by atoms with Gasteiger partial charge in [-0.3, -0.25) is 0 Å². The molecule has 0 aromatic heterocycles. The minimum absolute atomic E-state index is 0.0508. The highest BCUT2D eigenvalue weighted by Crippen LogP contribution is 2.31. The van der Waals surface area contributed by atoms with Gasteiger partial charge in [-0.1, -0.05) is 26.8 Å². The molecule has 0 radical (unpaired) electrons. The second kappa shape index (κ2) is 2.95. The molecule has 0 amide bonds. The summed E-state index contributed by atoms with van der Waals surface area (Å²) in [4.78, 5) is 0.426. The molecule has 1 aromatic rings. The Hall–Kier alpha value is -1.09. The van der Waals surface area contributed by atoms with Crippen molar-refractivity contribution in [3.8, 4) is 0 Å². The van der Waals surface area contributed by atoms with Gasteiger partial charge < -0.3 is 0 Å². The Bertz CT molecular complexity index is 531. The van der Waals surface area contributed by atoms with Gasteiger partial charge in [0.25, 0.3) is 0 Å². The molecule has 0 unspecified atom stereocenters. The predicted molar refractivity (Wildman–Crippen MR) is 61.4 cm³/mol. The highest BCUT2D eigenvalue weighted by Gasteiger charge is 2.22. The molecule has 1 aliphatic rings. The fourth-order valence-corrected chi connectivity index (χ4v) is 2.83. The predicted octanol–water partition coefficient (Wildman–Crippen LogP) is 2.74. The van der Waals surface area contributed by atoms with Gasteiger partial charge in [-0.25, -0.2) is 8.42 Å². The molecule has 80 valence electrons. The maximum Gasteiger partial charge on any atom is 0.200 e. The monoisotopic (exact) mass is 222 g/mol. The van der Waals surface area contributed by atoms with E-state index in [1.54, 1.807) is 12.1 Å². The van der Waals surface area contributed by atoms with Crippen LogP contribution >= 0.6 is 0 Å². The maximum absolute atomic E-state index is 11.5. The fourth-order valence-electron chi connectivity index (χ4n) is 1.64. The molecule has 0 fully saturated rings. The summed E-state index contributed by atoms with van der Waals surface area (Å²) in [5.41, 5.74) is 2.01. The summed E-state index contributed by atoms with van der Waals surface area (Å²) >= 11 is 0. The average Bonchev–Trinajstić information content (AvgIpc) is 2.41. The van der Waals surface area contributed by atoms with E-state index in [2.05, 4.69) is 20.8 Å². The van der Waals surface area contributed by atoms with Gasteiger partial charge >= 0.3 is 0 Å². The molecule has 0 bridgehead atoms. The summed E-state index contributed by atoms with van der Waals surface area (Å²) in [5, 5.41) is 1.27. The summed E-state index contributed by atoms with van der Waals surface area (Å²) in [6, 6.07) is 5.55. The Labute approximate surface area is 90.6 Å². The molecular formula is C12H14O2S. The molecule has 2 rings (SSSR count). The first-order chi connectivity index (χ1) is 6.81. The second-order valence-electron chi connectivity index (χ2n) is 4.85. The van der Waals surface area contributed by atoms with E-state index in [9.17, 15) is 8.42 Å². The van der Waals surface area contributed by atoms with Crippen molar-refractivity contribution in [3.63, 3.8) is 0 Å². The third-order valence-corrected chi connectivity index (χ3v) is 4.09. The summed E-state index contributed by atoms with van der Waals surface area (Å²) < 4.78 is 23.1. The topological polar surface area (TPSA) is 34.1 Å². The summed E-state index contributed by atoms with van der Waals surface area (Å²) in [7, 11) is -3.15. The highest BCUT2D eigenvalue weighted by molar-refractivity contribution is 7.94. The second-order valence-corrected chi connectivity index (χ2v) is 6.65. The summed E-state index contributed by atoms with van der Waals surface area (Å²) in [6.45, 7) is 6.34. The molecule has 0 aliphatic carbocycles. The molecule has 1 aromatic carbocycles. The van der Waals surface area contributed by atoms with Crippen molar-refractivity contribution in [1.82, 2.24) is 0 Å². The van der Waals surface area contributed by atoms with Crippen LogP contribution in [0.4, 0.5) is 0 Å². The lowest BCUT2D eigenvalue weighted by Gasteiger charge is -2.19. The Kier molecular flexibility index (Phi) is 2.05. The molecule has 2 nitrogen and oxygen atoms in total. The molecular weight excluding hydrogens is 208 g/mol. The molecule has 15 heavy (non-hydrogen) atoms. The Morgan fingerprint density at radius 2 is 1.80 bits per heavy atom. The van der Waals surface area contributed by atoms with E-state index in [1.807, 2.05) is 12.1 Å². The van der Waals surface area contributed by atoms with E-state index in [0.29, 0.717) is 4.90 Å². The van der Waals surface area contributed by atoms with Gasteiger partial charge in [0.1, 0.15) is 0 Å². The number of rotatable bonds is 0. The lowest BCUT2D eigenvalue weighted by molar-refractivity contribution is 0.588. The van der Waals surface area contributed by atoms with Crippen LogP contribution < -0.4 is 0 Å². The smallest absolute Gasteiger partial charge is 0.200 e. The maximum atomic E-state index is 11.5. The largest absolute Gasteiger partial charge is 0.219 e. The zero-order valence-corrected chi connectivity index (χ0v) is 9.93. The van der Waals surface area contributed by atoms with Gasteiger partial charge in [0.05, 0.1) is 4.90 Å². The molecule has 0 spiro atoms. The fraction of sp³-hybridized carbons (Fsp3) is 0.333. The van der Waals surface area contributed by atoms with Crippen LogP contribution in [-0.4, -0.2) is 8.42 Å². The zero-order chi connectivity index (χ0) is 11.3. The number of benzene rings is 1. The van der Waals surface area contributed by atoms with Gasteiger partial charge in [0.2, 0.25) is 0 Å². The van der Waals surface area contributed by atoms with Crippen molar-refractivity contribution in [2.24, 2.45) is 0 Å². The summed E-state index contributed by atoms with van der Waals surface area (Å²) in [6.07, 6.45) is 1.67. The highest BCUT2D eigenvalue weighted by atomic mass is 32.2. The Morgan fingerprint density at radius 3 is 2.40 bits per heavy atom. The molecule has 3 heteroatoms. The van der Waals surface area contributed by atoms with Gasteiger partial charge in [0.15, 0.2) is 9.84 Å². The van der Waals surface area contributed by atoms with Crippen molar-refractivity contribution in [3.05, 3.63) is 34.7 Å². The van der Waals surface area contributed by atoms with E-state index in [-0.39, 0.29) is 5.41 Å². The first-order valence-corrected chi connectivity index (χ1v) is 6.43. The van der Waals surface area contributed by atoms with E-state index < -0.39 is 9.84 Å². The number of hydrogen-bond acceptors (Lipinski definition) is 2. The van der Waals surface area contributed by atoms with E-state index in [0.717, 1.165) is 11.1 Å². The van der Waals surface area contributed by atoms with Crippen LogP contribution in [0.15, 0.2) is 28.5 Å². The standard InChI is InChI=1S/C12H14O2S/c1-12(2,3)10-4-5-11-9(8-10)6-7-15(11,13)14/h4-8H,1-3H3. The van der Waals surface area contributed by atoms with Crippen molar-refractivity contribution in [2.75, 3.05) is 0 Å².